The Balaban J connectivity index is 1.58. The lowest BCUT2D eigenvalue weighted by atomic mass is 9.88. The number of unbranched alkanes of at least 4 members (excludes halogenated alkanes) is 34. The van der Waals surface area contributed by atoms with Gasteiger partial charge in [0.15, 0.2) is 12.6 Å². The van der Waals surface area contributed by atoms with Crippen molar-refractivity contribution in [3.05, 3.63) is 12.2 Å². The number of ether oxygens (including phenoxy) is 6. The number of aliphatic carboxylic acids is 1. The molecule has 18 atom stereocenters. The van der Waals surface area contributed by atoms with Gasteiger partial charge in [0, 0.05) is 19.8 Å². The number of nitrogens with one attached hydrogen (secondary N) is 2. The molecule has 93 heavy (non-hydrogen) atoms. The van der Waals surface area contributed by atoms with Gasteiger partial charge in [-0.3, -0.25) is 9.59 Å². The molecule has 3 aliphatic heterocycles. The van der Waals surface area contributed by atoms with Gasteiger partial charge in [0.05, 0.1) is 50.7 Å². The molecular weight excluding hydrogens is 1200 g/mol. The molecule has 3 fully saturated rings. The topological polar surface area (TPSA) is 373 Å². The smallest absolute Gasteiger partial charge is 0.364 e. The van der Waals surface area contributed by atoms with Crippen molar-refractivity contribution in [2.24, 2.45) is 0 Å². The van der Waals surface area contributed by atoms with Crippen LogP contribution in [0.4, 0.5) is 0 Å². The van der Waals surface area contributed by atoms with Crippen LogP contribution in [0.15, 0.2) is 12.2 Å². The zero-order valence-electron chi connectivity index (χ0n) is 57.1. The summed E-state index contributed by atoms with van der Waals surface area (Å²) in [4.78, 5) is 38.6. The summed E-state index contributed by atoms with van der Waals surface area (Å²) < 4.78 is 34.9. The highest BCUT2D eigenvalue weighted by molar-refractivity contribution is 5.77. The van der Waals surface area contributed by atoms with Gasteiger partial charge in [-0.05, 0) is 38.5 Å². The van der Waals surface area contributed by atoms with E-state index in [1.165, 1.54) is 148 Å². The fourth-order valence-electron chi connectivity index (χ4n) is 12.9. The van der Waals surface area contributed by atoms with E-state index in [4.69, 9.17) is 28.4 Å². The van der Waals surface area contributed by atoms with Gasteiger partial charge < -0.3 is 100 Å². The number of carboxylic acid groups (broad SMARTS) is 1. The number of aliphatic hydroxyl groups excluding tert-OH is 11. The first-order valence-electron chi connectivity index (χ1n) is 36.5. The Labute approximate surface area is 556 Å². The summed E-state index contributed by atoms with van der Waals surface area (Å²) >= 11 is 0. The van der Waals surface area contributed by atoms with Crippen LogP contribution in [0.25, 0.3) is 0 Å². The highest BCUT2D eigenvalue weighted by atomic mass is 16.8. The molecule has 0 bridgehead atoms. The maximum Gasteiger partial charge on any atom is 0.364 e. The molecule has 14 N–H and O–H groups in total. The maximum absolute atomic E-state index is 13.5. The van der Waals surface area contributed by atoms with E-state index in [9.17, 15) is 75.7 Å². The SMILES string of the molecule is CCCCCCCCCCC/C=C\CCCCCCCCCC(=O)NC(COC1OC(CO)C(OC2OC(CO)C(O)C(OC3(C(=O)O)CC(O)C(NC(C)=O)C(C(O)C(O)CO)O3)C2O)C(O)C1O)C(O)CCCCCCCCCCCCCCCCCCCCC. The van der Waals surface area contributed by atoms with Gasteiger partial charge in [-0.1, -0.05) is 231 Å². The van der Waals surface area contributed by atoms with Gasteiger partial charge in [0.2, 0.25) is 11.8 Å². The lowest BCUT2D eigenvalue weighted by Crippen LogP contribution is -2.70. The third-order valence-corrected chi connectivity index (χ3v) is 18.7. The van der Waals surface area contributed by atoms with Crippen LogP contribution in [-0.2, 0) is 42.8 Å². The number of rotatable bonds is 56. The van der Waals surface area contributed by atoms with E-state index in [0.717, 1.165) is 84.0 Å². The van der Waals surface area contributed by atoms with Crippen molar-refractivity contribution >= 4 is 17.8 Å². The van der Waals surface area contributed by atoms with Crippen molar-refractivity contribution in [3.8, 4) is 0 Å². The molecule has 3 rings (SSSR count). The highest BCUT2D eigenvalue weighted by Crippen LogP contribution is 2.39. The summed E-state index contributed by atoms with van der Waals surface area (Å²) in [5.41, 5.74) is 0. The molecule has 3 heterocycles. The number of carbonyl (C=O) groups excluding carboxylic acids is 2. The first kappa shape index (κ1) is 84.7. The van der Waals surface area contributed by atoms with E-state index >= 15 is 0 Å². The fraction of sp³-hybridized carbons (Fsp3) is 0.929. The van der Waals surface area contributed by atoms with Crippen molar-refractivity contribution in [2.45, 2.75) is 387 Å². The Bertz CT molecular complexity index is 1930. The predicted molar refractivity (Wildman–Crippen MR) is 352 cm³/mol. The average Bonchev–Trinajstić information content (AvgIpc) is 0.791. The number of hydrogen-bond acceptors (Lipinski definition) is 20. The summed E-state index contributed by atoms with van der Waals surface area (Å²) in [6.45, 7) is 2.23. The fourth-order valence-corrected chi connectivity index (χ4v) is 12.9. The van der Waals surface area contributed by atoms with Crippen LogP contribution < -0.4 is 10.6 Å². The Morgan fingerprint density at radius 1 is 0.548 bits per heavy atom. The number of carboxylic acids is 1. The minimum Gasteiger partial charge on any atom is -0.477 e. The monoisotopic (exact) mass is 1330 g/mol. The van der Waals surface area contributed by atoms with Crippen LogP contribution in [0.3, 0.4) is 0 Å². The molecule has 3 saturated heterocycles. The molecule has 0 radical (unpaired) electrons. The van der Waals surface area contributed by atoms with Gasteiger partial charge in [0.1, 0.15) is 67.1 Å². The van der Waals surface area contributed by atoms with Crippen LogP contribution in [-0.4, -0.2) is 215 Å². The second kappa shape index (κ2) is 50.7. The van der Waals surface area contributed by atoms with Crippen molar-refractivity contribution in [1.29, 1.82) is 0 Å². The number of allylic oxidation sites excluding steroid dienone is 2. The molecule has 546 valence electrons. The summed E-state index contributed by atoms with van der Waals surface area (Å²) in [7, 11) is 0. The van der Waals surface area contributed by atoms with E-state index in [-0.39, 0.29) is 18.9 Å². The second-order valence-electron chi connectivity index (χ2n) is 26.8. The standard InChI is InChI=1S/C70H130N2O21/c1-4-6-8-10-12-14-16-18-20-22-24-26-28-30-32-34-36-38-40-42-44-57(80)72-51(52(77)43-41-39-37-35-33-31-29-27-25-23-21-19-17-15-13-11-9-7-5-2)49-88-67-62(84)61(83)64(56(48-75)90-67)91-68-63(85)66(60(82)55(47-74)89-68)93-70(69(86)87)45-53(78)58(71-50(3)76)65(92-70)59(81)54(79)46-73/h24,26,51-56,58-68,73-75,77-79,81-85H,4-23,25,27-49H2,1-3H3,(H,71,76)(H,72,80)(H,86,87)/b26-24-. The molecule has 2 amide bonds. The lowest BCUT2D eigenvalue weighted by molar-refractivity contribution is -0.386. The Morgan fingerprint density at radius 2 is 1.00 bits per heavy atom. The van der Waals surface area contributed by atoms with Crippen LogP contribution in [0, 0.1) is 0 Å². The zero-order valence-corrected chi connectivity index (χ0v) is 57.1. The largest absolute Gasteiger partial charge is 0.477 e. The third kappa shape index (κ3) is 32.8. The lowest BCUT2D eigenvalue weighted by Gasteiger charge is -2.50. The number of carbonyl (C=O) groups is 3. The third-order valence-electron chi connectivity index (χ3n) is 18.7. The zero-order chi connectivity index (χ0) is 68.2. The molecule has 0 aromatic carbocycles. The van der Waals surface area contributed by atoms with Crippen LogP contribution in [0.2, 0.25) is 0 Å². The van der Waals surface area contributed by atoms with Crippen LogP contribution in [0.5, 0.6) is 0 Å². The van der Waals surface area contributed by atoms with Crippen molar-refractivity contribution < 1.29 is 104 Å². The molecule has 23 nitrogen and oxygen atoms in total. The summed E-state index contributed by atoms with van der Waals surface area (Å²) in [5, 5.41) is 136. The van der Waals surface area contributed by atoms with Gasteiger partial charge in [-0.2, -0.15) is 0 Å². The molecule has 0 aromatic rings. The molecule has 18 unspecified atom stereocenters. The number of aliphatic hydroxyl groups is 11. The first-order valence-corrected chi connectivity index (χ1v) is 36.5. The summed E-state index contributed by atoms with van der Waals surface area (Å²) in [6, 6.07) is -2.53. The average molecular weight is 1340 g/mol. The van der Waals surface area contributed by atoms with E-state index < -0.39 is 148 Å². The van der Waals surface area contributed by atoms with Gasteiger partial charge in [-0.15, -0.1) is 0 Å². The number of amides is 2. The highest BCUT2D eigenvalue weighted by Gasteiger charge is 2.60. The van der Waals surface area contributed by atoms with Gasteiger partial charge >= 0.3 is 5.97 Å². The normalized spacial score (nSPS) is 28.1. The van der Waals surface area contributed by atoms with Crippen molar-refractivity contribution in [1.82, 2.24) is 10.6 Å². The molecular formula is C70H130N2O21. The minimum atomic E-state index is -3.08. The first-order chi connectivity index (χ1) is 44.9. The number of hydrogen-bond donors (Lipinski definition) is 14. The van der Waals surface area contributed by atoms with Crippen molar-refractivity contribution in [3.63, 3.8) is 0 Å². The molecule has 0 saturated carbocycles. The van der Waals surface area contributed by atoms with Gasteiger partial charge in [-0.25, -0.2) is 4.79 Å². The van der Waals surface area contributed by atoms with Gasteiger partial charge in [0.25, 0.3) is 5.79 Å². The van der Waals surface area contributed by atoms with E-state index in [2.05, 4.69) is 36.6 Å². The minimum absolute atomic E-state index is 0.220. The van der Waals surface area contributed by atoms with Crippen LogP contribution in [0.1, 0.15) is 278 Å². The van der Waals surface area contributed by atoms with Crippen LogP contribution >= 0.6 is 0 Å². The quantitative estimate of drug-likeness (QED) is 0.0207. The summed E-state index contributed by atoms with van der Waals surface area (Å²) in [6.07, 6.45) is 20.6. The van der Waals surface area contributed by atoms with Crippen molar-refractivity contribution in [2.75, 3.05) is 26.4 Å². The Hall–Kier alpha value is -2.53. The second-order valence-corrected chi connectivity index (χ2v) is 26.8. The van der Waals surface area contributed by atoms with E-state index in [0.29, 0.717) is 19.3 Å². The maximum atomic E-state index is 13.5. The predicted octanol–water partition coefficient (Wildman–Crippen LogP) is 7.46. The molecule has 3 aliphatic rings. The molecule has 0 spiro atoms. The molecule has 0 aromatic heterocycles. The summed E-state index contributed by atoms with van der Waals surface area (Å²) in [5.74, 6) is -6.10. The Morgan fingerprint density at radius 3 is 1.45 bits per heavy atom. The Kier molecular flexibility index (Phi) is 46.2. The van der Waals surface area contributed by atoms with E-state index in [1.54, 1.807) is 0 Å². The molecule has 23 heteroatoms. The molecule has 0 aliphatic carbocycles. The van der Waals surface area contributed by atoms with E-state index in [1.807, 2.05) is 0 Å².